The number of carbonyl (C=O) groups excluding carboxylic acids is 6. The quantitative estimate of drug-likeness (QED) is 0.0299. The topological polar surface area (TPSA) is 295 Å². The molecule has 5 aromatic heterocycles. The number of benzene rings is 10. The summed E-state index contributed by atoms with van der Waals surface area (Å²) >= 11 is 4.80. The fraction of sp³-hybridized carbons (Fsp3) is 0. The van der Waals surface area contributed by atoms with E-state index >= 15 is 0 Å². The van der Waals surface area contributed by atoms with Gasteiger partial charge in [0.15, 0.2) is 28.1 Å². The summed E-state index contributed by atoms with van der Waals surface area (Å²) in [6.45, 7) is 14.6. The molecule has 19 rings (SSSR count). The highest BCUT2D eigenvalue weighted by Gasteiger charge is 2.40. The number of hydrogen-bond donors (Lipinski definition) is 2. The molecule has 23 nitrogen and oxygen atoms in total. The summed E-state index contributed by atoms with van der Waals surface area (Å²) in [6.07, 6.45) is 8.68. The molecule has 0 unspecified atom stereocenters. The van der Waals surface area contributed by atoms with E-state index in [1.165, 1.54) is 42.8 Å². The van der Waals surface area contributed by atoms with Gasteiger partial charge in [-0.3, -0.25) is 64.0 Å². The smallest absolute Gasteiger partial charge is 0.270 e. The van der Waals surface area contributed by atoms with Crippen LogP contribution in [0.1, 0.15) is 75.6 Å². The van der Waals surface area contributed by atoms with Crippen molar-refractivity contribution in [2.24, 2.45) is 0 Å². The van der Waals surface area contributed by atoms with E-state index in [-0.39, 0.29) is 71.8 Å². The molecule has 2 amide bonds. The van der Waals surface area contributed by atoms with E-state index < -0.39 is 27.4 Å². The monoisotopic (exact) mass is 1700 g/mol. The Labute approximate surface area is 732 Å². The summed E-state index contributed by atoms with van der Waals surface area (Å²) in [5.74, 6) is 0.888. The third-order valence-electron chi connectivity index (χ3n) is 20.1. The first-order valence-electron chi connectivity index (χ1n) is 39.0. The summed E-state index contributed by atoms with van der Waals surface area (Å²) in [5, 5.41) is 23.3. The number of fused-ring (bicyclic) bond motifs is 3. The highest BCUT2D eigenvalue weighted by atomic mass is 32.2. The lowest BCUT2D eigenvalue weighted by atomic mass is 10.0. The zero-order chi connectivity index (χ0) is 88.1. The molecule has 1 saturated heterocycles. The summed E-state index contributed by atoms with van der Waals surface area (Å²) in [4.78, 5) is 93.4. The Balaban J connectivity index is 0.000000125. The highest BCUT2D eigenvalue weighted by molar-refractivity contribution is 7.97. The van der Waals surface area contributed by atoms with Gasteiger partial charge in [0.1, 0.15) is 33.5 Å². The Hall–Kier alpha value is -18.0. The van der Waals surface area contributed by atoms with Crippen LogP contribution in [0.25, 0.3) is 39.6 Å². The normalized spacial score (nSPS) is 14.4. The van der Waals surface area contributed by atoms with Crippen molar-refractivity contribution in [2.75, 3.05) is 19.6 Å². The number of furan rings is 4. The zero-order valence-electron chi connectivity index (χ0n) is 66.5. The van der Waals surface area contributed by atoms with E-state index in [1.54, 1.807) is 138 Å². The molecule has 25 heteroatoms. The Kier molecular flexibility index (Phi) is 24.0. The van der Waals surface area contributed by atoms with Crippen LogP contribution >= 0.6 is 12.2 Å². The van der Waals surface area contributed by atoms with Crippen molar-refractivity contribution in [1.82, 2.24) is 15.6 Å². The molecule has 0 atom stereocenters. The number of para-hydroxylation sites is 6. The second-order valence-electron chi connectivity index (χ2n) is 28.0. The highest BCUT2D eigenvalue weighted by Crippen LogP contribution is 2.45. The number of nitriles is 2. The number of sulfone groups is 1. The van der Waals surface area contributed by atoms with E-state index in [0.29, 0.717) is 85.5 Å². The Bertz CT molecular complexity index is 7050. The summed E-state index contributed by atoms with van der Waals surface area (Å²) < 4.78 is 49.8. The van der Waals surface area contributed by atoms with Gasteiger partial charge in [-0.1, -0.05) is 158 Å². The van der Waals surface area contributed by atoms with Gasteiger partial charge >= 0.3 is 0 Å². The van der Waals surface area contributed by atoms with Crippen LogP contribution in [0, 0.1) is 35.8 Å². The largest absolute Gasteiger partial charge is 0.440 e. The molecule has 7 heterocycles. The molecule has 2 aliphatic carbocycles. The number of nitrogens with zero attached hydrogens (tertiary/aromatic N) is 9. The van der Waals surface area contributed by atoms with Gasteiger partial charge in [0.05, 0.1) is 46.9 Å². The number of pyridine rings is 1. The minimum absolute atomic E-state index is 0.0354. The maximum atomic E-state index is 13.2. The molecule has 4 aliphatic rings. The molecule has 15 aromatic rings. The van der Waals surface area contributed by atoms with E-state index in [1.807, 2.05) is 215 Å². The fourth-order valence-electron chi connectivity index (χ4n) is 14.3. The van der Waals surface area contributed by atoms with Crippen LogP contribution < -0.4 is 30.2 Å². The number of hydrogen-bond acceptors (Lipinski definition) is 20. The predicted molar refractivity (Wildman–Crippen MR) is 486 cm³/mol. The average molecular weight is 1700 g/mol. The van der Waals surface area contributed by atoms with Gasteiger partial charge < -0.3 is 17.7 Å². The molecule has 2 N–H and O–H groups in total. The van der Waals surface area contributed by atoms with Crippen LogP contribution in [-0.2, 0) is 19.4 Å². The van der Waals surface area contributed by atoms with Crippen molar-refractivity contribution in [2.45, 2.75) is 4.90 Å². The van der Waals surface area contributed by atoms with Gasteiger partial charge in [-0.2, -0.15) is 5.26 Å². The number of anilines is 12. The first-order chi connectivity index (χ1) is 62.0. The van der Waals surface area contributed by atoms with Crippen molar-refractivity contribution in [3.8, 4) is 12.1 Å². The minimum Gasteiger partial charge on any atom is -0.440 e. The minimum atomic E-state index is -3.87. The Morgan fingerprint density at radius 3 is 1.12 bits per heavy atom. The molecule has 0 radical (unpaired) electrons. The molecular formula is C102H63N11O12S2. The first kappa shape index (κ1) is 82.7. The molecule has 0 spiro atoms. The van der Waals surface area contributed by atoms with Gasteiger partial charge in [0.2, 0.25) is 39.2 Å². The summed E-state index contributed by atoms with van der Waals surface area (Å²) in [7, 11) is -3.87. The summed E-state index contributed by atoms with van der Waals surface area (Å²) in [5.41, 5.74) is 10.3. The van der Waals surface area contributed by atoms with Crippen LogP contribution in [0.2, 0.25) is 0 Å². The van der Waals surface area contributed by atoms with Crippen LogP contribution in [0.3, 0.4) is 0 Å². The molecule has 10 aromatic carbocycles. The second kappa shape index (κ2) is 36.9. The molecule has 0 saturated carbocycles. The molecule has 610 valence electrons. The van der Waals surface area contributed by atoms with Crippen molar-refractivity contribution in [3.05, 3.63) is 453 Å². The number of ketones is 4. The first-order valence-corrected chi connectivity index (χ1v) is 40.9. The maximum absolute atomic E-state index is 13.2. The lowest BCUT2D eigenvalue weighted by Gasteiger charge is -2.22. The number of thiocarbonyl (C=S) groups is 1. The van der Waals surface area contributed by atoms with Gasteiger partial charge in [-0.15, -0.1) is 0 Å². The van der Waals surface area contributed by atoms with Crippen molar-refractivity contribution < 1.29 is 54.9 Å². The fourth-order valence-corrected chi connectivity index (χ4v) is 16.1. The molecule has 2 aliphatic heterocycles. The van der Waals surface area contributed by atoms with Gasteiger partial charge in [-0.25, -0.2) is 23.4 Å². The van der Waals surface area contributed by atoms with Crippen molar-refractivity contribution in [1.29, 1.82) is 10.5 Å². The number of amides is 2. The standard InChI is InChI=1S/C29H17N3O2.C25H16N2O3.C25H17NO4S.C23H13N5O3S/c1-31-26(19-30)28-23-14-8-9-15-24(23)29(33)25(28)18-22-16-17-27(34-22)32(20-10-4-2-5-11-20)21-12-6-3-7-13-21;28-24-20-13-14-26-16-22(20)25(29)21(24)15-19-11-12-23(30-19)27(17-7-3-1-4-8-17)18-9-5-2-6-10-18;27-25-21-13-7-8-14-22(21)31(28,29)23(25)17-20-15-16-24(30-20)26(18-9-3-1-4-10-18)19-11-5-2-6-12-19;1-25-15-4-8-17(9-5-15)28(16-6-2-14(13-24)3-7-16)20-11-10-18(31-20)12-19-21(29)26-23(32)27-22(19)30/h2-18H;1-16H;1-17H;2-12H,(H2,26,27,29,30,32)/b25-18-,28-26-;21-15-;23-17-;. The Morgan fingerprint density at radius 2 is 0.724 bits per heavy atom. The maximum Gasteiger partial charge on any atom is 0.270 e. The molecule has 0 bridgehead atoms. The number of aromatic nitrogens is 1. The molecule has 1 fully saturated rings. The number of allylic oxidation sites excluding steroid dienone is 5. The third kappa shape index (κ3) is 17.5. The van der Waals surface area contributed by atoms with Crippen LogP contribution in [-0.4, -0.2) is 53.5 Å². The van der Waals surface area contributed by atoms with Gasteiger partial charge in [0.25, 0.3) is 17.5 Å². The van der Waals surface area contributed by atoms with E-state index in [0.717, 1.165) is 34.1 Å². The van der Waals surface area contributed by atoms with E-state index in [2.05, 4.69) is 31.4 Å². The SMILES string of the molecule is O=C1/C(=C/c2ccc(N(c3ccccc3)c3ccccc3)o2)C(=O)c2cnccc21.O=C1/C(=C/c2ccc(N(c3ccccc3)c3ccccc3)o2)S(=O)(=O)c2ccccc21.[C-]#[N+]/C(C#N)=C1\C(=C\c2ccc(N(c3ccccc3)c3ccccc3)o2)C(=O)c2ccccc21.[C-]#[N+]c1ccc(N(c2ccc(C#N)cc2)c2ccc(C=C3C(=O)NC(=S)NC3=O)o2)cc1. The van der Waals surface area contributed by atoms with Crippen LogP contribution in [0.5, 0.6) is 0 Å². The Morgan fingerprint density at radius 1 is 0.378 bits per heavy atom. The third-order valence-corrected chi connectivity index (χ3v) is 22.2. The molecule has 127 heavy (non-hydrogen) atoms. The van der Waals surface area contributed by atoms with Crippen LogP contribution in [0.15, 0.2) is 396 Å². The second-order valence-corrected chi connectivity index (χ2v) is 30.3. The average Bonchev–Trinajstić information content (AvgIpc) is 1.58. The zero-order valence-corrected chi connectivity index (χ0v) is 68.1. The number of carbonyl (C=O) groups is 6. The summed E-state index contributed by atoms with van der Waals surface area (Å²) in [6, 6.07) is 105. The van der Waals surface area contributed by atoms with Gasteiger partial charge in [0, 0.05) is 116 Å². The lowest BCUT2D eigenvalue weighted by Crippen LogP contribution is -2.51. The van der Waals surface area contributed by atoms with Crippen molar-refractivity contribution in [3.63, 3.8) is 0 Å². The van der Waals surface area contributed by atoms with Crippen molar-refractivity contribution >= 4 is 167 Å². The van der Waals surface area contributed by atoms with Gasteiger partial charge in [-0.05, 0) is 188 Å². The molecular weight excluding hydrogens is 1640 g/mol. The number of Topliss-reactive ketones (excluding diaryl/α,β-unsaturated/α-hetero) is 4. The van der Waals surface area contributed by atoms with E-state index in [9.17, 15) is 42.4 Å². The number of nitrogens with one attached hydrogen (secondary N) is 2. The lowest BCUT2D eigenvalue weighted by molar-refractivity contribution is -0.123. The predicted octanol–water partition coefficient (Wildman–Crippen LogP) is 22.6. The number of rotatable bonds is 16. The van der Waals surface area contributed by atoms with E-state index in [4.69, 9.17) is 48.3 Å². The van der Waals surface area contributed by atoms with Crippen LogP contribution in [0.4, 0.5) is 74.7 Å².